The summed E-state index contributed by atoms with van der Waals surface area (Å²) in [6.07, 6.45) is 2.85. The quantitative estimate of drug-likeness (QED) is 0.124. The van der Waals surface area contributed by atoms with Gasteiger partial charge in [0, 0.05) is 39.4 Å². The van der Waals surface area contributed by atoms with Gasteiger partial charge in [0.15, 0.2) is 11.9 Å². The molecule has 0 aliphatic carbocycles. The lowest BCUT2D eigenvalue weighted by molar-refractivity contribution is 0.147. The largest absolute Gasteiger partial charge is 0.380 e. The van der Waals surface area contributed by atoms with E-state index in [-0.39, 0.29) is 11.9 Å². The van der Waals surface area contributed by atoms with E-state index in [0.717, 1.165) is 12.8 Å². The zero-order valence-corrected chi connectivity index (χ0v) is 18.2. The number of guanidine groups is 2. The molecule has 4 amide bonds. The number of urea groups is 2. The van der Waals surface area contributed by atoms with Crippen LogP contribution in [-0.4, -0.2) is 86.4 Å². The number of nitrogens with one attached hydrogen (secondary N) is 4. The molecule has 0 fully saturated rings. The Hall–Kier alpha value is -2.60. The Morgan fingerprint density at radius 3 is 1.43 bits per heavy atom. The van der Waals surface area contributed by atoms with E-state index in [1.165, 1.54) is 9.80 Å². The summed E-state index contributed by atoms with van der Waals surface area (Å²) in [6.45, 7) is 7.04. The molecule has 0 heterocycles. The number of nitrogens with zero attached hydrogens (tertiary/aromatic N) is 2. The van der Waals surface area contributed by atoms with Gasteiger partial charge < -0.3 is 31.6 Å². The third-order valence-electron chi connectivity index (χ3n) is 4.04. The van der Waals surface area contributed by atoms with E-state index in [0.29, 0.717) is 65.4 Å². The molecule has 0 aliphatic heterocycles. The van der Waals surface area contributed by atoms with Gasteiger partial charge in [-0.3, -0.25) is 20.6 Å². The molecular formula is C18H38N8O4. The normalized spacial score (nSPS) is 10.3. The second-order valence-electron chi connectivity index (χ2n) is 6.35. The minimum absolute atomic E-state index is 0.310. The first kappa shape index (κ1) is 27.4. The van der Waals surface area contributed by atoms with E-state index >= 15 is 0 Å². The van der Waals surface area contributed by atoms with Gasteiger partial charge in [0.05, 0.1) is 13.2 Å². The summed E-state index contributed by atoms with van der Waals surface area (Å²) in [4.78, 5) is 26.5. The molecule has 0 aromatic heterocycles. The summed E-state index contributed by atoms with van der Waals surface area (Å²) >= 11 is 0. The molecule has 0 unspecified atom stereocenters. The molecule has 174 valence electrons. The number of carbonyl (C=O) groups is 2. The number of amides is 4. The fourth-order valence-corrected chi connectivity index (χ4v) is 2.50. The fourth-order valence-electron chi connectivity index (χ4n) is 2.50. The van der Waals surface area contributed by atoms with E-state index in [1.54, 1.807) is 0 Å². The minimum atomic E-state index is -0.423. The van der Waals surface area contributed by atoms with Crippen LogP contribution >= 0.6 is 0 Å². The molecule has 0 spiro atoms. The maximum atomic E-state index is 12.1. The van der Waals surface area contributed by atoms with E-state index in [1.807, 2.05) is 13.8 Å². The molecule has 0 atom stereocenters. The van der Waals surface area contributed by atoms with Gasteiger partial charge in [-0.1, -0.05) is 12.8 Å². The van der Waals surface area contributed by atoms with Crippen molar-refractivity contribution in [2.24, 2.45) is 11.5 Å². The highest BCUT2D eigenvalue weighted by atomic mass is 16.5. The van der Waals surface area contributed by atoms with Gasteiger partial charge in [0.1, 0.15) is 0 Å². The molecule has 12 heteroatoms. The van der Waals surface area contributed by atoms with E-state index in [4.69, 9.17) is 31.8 Å². The van der Waals surface area contributed by atoms with E-state index in [9.17, 15) is 9.59 Å². The second-order valence-corrected chi connectivity index (χ2v) is 6.35. The molecule has 0 rings (SSSR count). The Morgan fingerprint density at radius 2 is 1.13 bits per heavy atom. The predicted octanol–water partition coefficient (Wildman–Crippen LogP) is 0.430. The highest BCUT2D eigenvalue weighted by Crippen LogP contribution is 2.04. The number of carbonyl (C=O) groups excluding carboxylic acids is 2. The lowest BCUT2D eigenvalue weighted by Gasteiger charge is -2.22. The van der Waals surface area contributed by atoms with Crippen molar-refractivity contribution in [3.05, 3.63) is 0 Å². The molecule has 8 N–H and O–H groups in total. The number of unbranched alkanes of at least 4 members (excludes halogenated alkanes) is 3. The first-order chi connectivity index (χ1) is 14.3. The van der Waals surface area contributed by atoms with Crippen LogP contribution in [0.15, 0.2) is 0 Å². The van der Waals surface area contributed by atoms with Gasteiger partial charge in [-0.25, -0.2) is 9.59 Å². The van der Waals surface area contributed by atoms with Crippen molar-refractivity contribution in [1.29, 1.82) is 10.8 Å². The molecule has 0 aromatic rings. The Balaban J connectivity index is 4.15. The number of rotatable bonds is 15. The average molecular weight is 431 g/mol. The Labute approximate surface area is 178 Å². The van der Waals surface area contributed by atoms with Gasteiger partial charge in [-0.15, -0.1) is 0 Å². The van der Waals surface area contributed by atoms with Crippen LogP contribution in [0.25, 0.3) is 0 Å². The van der Waals surface area contributed by atoms with Crippen molar-refractivity contribution in [1.82, 2.24) is 20.4 Å². The van der Waals surface area contributed by atoms with Crippen molar-refractivity contribution in [2.75, 3.05) is 52.6 Å². The number of hydrogen-bond donors (Lipinski definition) is 6. The molecule has 0 saturated carbocycles. The molecule has 0 radical (unpaired) electrons. The third kappa shape index (κ3) is 12.8. The van der Waals surface area contributed by atoms with Crippen molar-refractivity contribution >= 4 is 24.0 Å². The summed E-state index contributed by atoms with van der Waals surface area (Å²) in [5.74, 6) is -0.620. The number of hydrogen-bond acceptors (Lipinski definition) is 6. The van der Waals surface area contributed by atoms with Crippen molar-refractivity contribution in [3.8, 4) is 0 Å². The van der Waals surface area contributed by atoms with Crippen LogP contribution in [0, 0.1) is 10.8 Å². The summed E-state index contributed by atoms with van der Waals surface area (Å²) in [5, 5.41) is 20.4. The summed E-state index contributed by atoms with van der Waals surface area (Å²) in [5.41, 5.74) is 11.0. The zero-order chi connectivity index (χ0) is 22.8. The van der Waals surface area contributed by atoms with Crippen LogP contribution in [0.4, 0.5) is 9.59 Å². The molecule has 12 nitrogen and oxygen atoms in total. The topological polar surface area (TPSA) is 183 Å². The van der Waals surface area contributed by atoms with Crippen LogP contribution < -0.4 is 22.1 Å². The lowest BCUT2D eigenvalue weighted by Crippen LogP contribution is -2.48. The standard InChI is InChI=1S/C18H38N8O4/c1-3-29-13-9-23-17(27)25(15(19)20)11-7-5-6-8-12-26(16(21)22)18(28)24-10-14-30-4-2/h3-14H2,1-2H3,(H3,19,20)(H3,21,22)(H,23,27)(H,24,28). The van der Waals surface area contributed by atoms with Gasteiger partial charge in [-0.05, 0) is 26.7 Å². The molecule has 30 heavy (non-hydrogen) atoms. The highest BCUT2D eigenvalue weighted by molar-refractivity contribution is 5.94. The first-order valence-corrected chi connectivity index (χ1v) is 10.3. The molecule has 0 saturated heterocycles. The van der Waals surface area contributed by atoms with Crippen molar-refractivity contribution in [3.63, 3.8) is 0 Å². The fraction of sp³-hybridized carbons (Fsp3) is 0.778. The van der Waals surface area contributed by atoms with E-state index < -0.39 is 12.1 Å². The first-order valence-electron chi connectivity index (χ1n) is 10.3. The van der Waals surface area contributed by atoms with Crippen LogP contribution in [0.2, 0.25) is 0 Å². The minimum Gasteiger partial charge on any atom is -0.380 e. The van der Waals surface area contributed by atoms with Crippen LogP contribution in [0.1, 0.15) is 39.5 Å². The predicted molar refractivity (Wildman–Crippen MR) is 115 cm³/mol. The maximum absolute atomic E-state index is 12.1. The van der Waals surface area contributed by atoms with Gasteiger partial charge >= 0.3 is 12.1 Å². The van der Waals surface area contributed by atoms with Gasteiger partial charge in [-0.2, -0.15) is 0 Å². The number of nitrogens with two attached hydrogens (primary N) is 2. The zero-order valence-electron chi connectivity index (χ0n) is 18.2. The smallest absolute Gasteiger partial charge is 0.324 e. The summed E-state index contributed by atoms with van der Waals surface area (Å²) in [7, 11) is 0. The Kier molecular flexibility index (Phi) is 15.8. The lowest BCUT2D eigenvalue weighted by atomic mass is 10.2. The third-order valence-corrected chi connectivity index (χ3v) is 4.04. The molecule has 0 aliphatic rings. The molecular weight excluding hydrogens is 392 g/mol. The molecule has 0 bridgehead atoms. The summed E-state index contributed by atoms with van der Waals surface area (Å²) < 4.78 is 10.3. The Bertz CT molecular complexity index is 486. The van der Waals surface area contributed by atoms with Crippen LogP contribution in [-0.2, 0) is 9.47 Å². The highest BCUT2D eigenvalue weighted by Gasteiger charge is 2.17. The van der Waals surface area contributed by atoms with Crippen LogP contribution in [0.5, 0.6) is 0 Å². The van der Waals surface area contributed by atoms with Crippen molar-refractivity contribution < 1.29 is 19.1 Å². The number of ether oxygens (including phenoxy) is 2. The van der Waals surface area contributed by atoms with Gasteiger partial charge in [0.25, 0.3) is 0 Å². The SMILES string of the molecule is CCOCCNC(=O)N(CCCCCCN(C(=N)N)C(=O)NCCOCC)C(=N)N. The van der Waals surface area contributed by atoms with Crippen molar-refractivity contribution in [2.45, 2.75) is 39.5 Å². The maximum Gasteiger partial charge on any atom is 0.324 e. The summed E-state index contributed by atoms with van der Waals surface area (Å²) in [6, 6.07) is -0.845. The average Bonchev–Trinajstić information content (AvgIpc) is 2.69. The van der Waals surface area contributed by atoms with Gasteiger partial charge in [0.2, 0.25) is 0 Å². The monoisotopic (exact) mass is 430 g/mol. The van der Waals surface area contributed by atoms with Crippen LogP contribution in [0.3, 0.4) is 0 Å². The second kappa shape index (κ2) is 17.3. The molecule has 0 aromatic carbocycles. The Morgan fingerprint density at radius 1 is 0.767 bits per heavy atom. The van der Waals surface area contributed by atoms with E-state index in [2.05, 4.69) is 10.6 Å².